The zero-order chi connectivity index (χ0) is 13.9. The lowest BCUT2D eigenvalue weighted by Gasteiger charge is -2.14. The molecule has 0 amide bonds. The Hall–Kier alpha value is -1.03. The second-order valence-electron chi connectivity index (χ2n) is 3.49. The third kappa shape index (κ3) is 4.02. The Labute approximate surface area is 109 Å². The summed E-state index contributed by atoms with van der Waals surface area (Å²) < 4.78 is 37.4. The number of carboxylic acid groups (broad SMARTS) is 1. The summed E-state index contributed by atoms with van der Waals surface area (Å²) in [5.41, 5.74) is 0. The molecule has 0 saturated heterocycles. The summed E-state index contributed by atoms with van der Waals surface area (Å²) in [6.07, 6.45) is -4.76. The molecule has 1 aromatic heterocycles. The van der Waals surface area contributed by atoms with Crippen molar-refractivity contribution in [3.8, 4) is 0 Å². The predicted molar refractivity (Wildman–Crippen MR) is 62.1 cm³/mol. The highest BCUT2D eigenvalue weighted by molar-refractivity contribution is 8.01. The number of carboxylic acids is 1. The molecular formula is C8H10F3N3O2S2. The summed E-state index contributed by atoms with van der Waals surface area (Å²) in [4.78, 5) is 12.2. The highest BCUT2D eigenvalue weighted by Crippen LogP contribution is 2.34. The fourth-order valence-corrected chi connectivity index (χ4v) is 2.81. The second kappa shape index (κ2) is 5.74. The summed E-state index contributed by atoms with van der Waals surface area (Å²) in [5, 5.41) is 16.5. The molecule has 102 valence electrons. The van der Waals surface area contributed by atoms with Gasteiger partial charge in [0.25, 0.3) is 0 Å². The predicted octanol–water partition coefficient (Wildman–Crippen LogP) is 1.96. The molecule has 0 radical (unpaired) electrons. The minimum atomic E-state index is -4.76. The highest BCUT2D eigenvalue weighted by atomic mass is 32.2. The molecule has 18 heavy (non-hydrogen) atoms. The average Bonchev–Trinajstić information content (AvgIpc) is 2.63. The molecule has 1 N–H and O–H groups in total. The first-order chi connectivity index (χ1) is 8.21. The Bertz CT molecular complexity index is 422. The first-order valence-electron chi connectivity index (χ1n) is 4.65. The number of anilines is 1. The first kappa shape index (κ1) is 15.0. The van der Waals surface area contributed by atoms with Gasteiger partial charge in [0.1, 0.15) is 0 Å². The van der Waals surface area contributed by atoms with Crippen molar-refractivity contribution >= 4 is 34.2 Å². The van der Waals surface area contributed by atoms with Gasteiger partial charge in [-0.3, -0.25) is 4.79 Å². The number of carbonyl (C=O) groups is 1. The van der Waals surface area contributed by atoms with Crippen LogP contribution in [-0.2, 0) is 4.79 Å². The molecule has 5 nitrogen and oxygen atoms in total. The van der Waals surface area contributed by atoms with Gasteiger partial charge in [-0.2, -0.15) is 13.2 Å². The molecule has 10 heteroatoms. The van der Waals surface area contributed by atoms with Crippen LogP contribution in [0.15, 0.2) is 4.34 Å². The van der Waals surface area contributed by atoms with Crippen molar-refractivity contribution < 1.29 is 23.1 Å². The molecule has 0 fully saturated rings. The van der Waals surface area contributed by atoms with Crippen LogP contribution in [0.2, 0.25) is 0 Å². The summed E-state index contributed by atoms with van der Waals surface area (Å²) in [6.45, 7) is 0. The number of thioether (sulfide) groups is 1. The summed E-state index contributed by atoms with van der Waals surface area (Å²) in [6, 6.07) is 0. The maximum Gasteiger partial charge on any atom is 0.403 e. The lowest BCUT2D eigenvalue weighted by Crippen LogP contribution is -2.32. The van der Waals surface area contributed by atoms with Gasteiger partial charge in [0, 0.05) is 19.8 Å². The van der Waals surface area contributed by atoms with Crippen LogP contribution in [0.1, 0.15) is 0 Å². The lowest BCUT2D eigenvalue weighted by molar-refractivity contribution is -0.188. The molecular weight excluding hydrogens is 291 g/mol. The zero-order valence-electron chi connectivity index (χ0n) is 9.43. The van der Waals surface area contributed by atoms with E-state index in [0.717, 1.165) is 23.1 Å². The van der Waals surface area contributed by atoms with Gasteiger partial charge in [-0.15, -0.1) is 10.2 Å². The van der Waals surface area contributed by atoms with Crippen molar-refractivity contribution in [2.75, 3.05) is 24.7 Å². The Morgan fingerprint density at radius 2 is 2.11 bits per heavy atom. The van der Waals surface area contributed by atoms with Crippen LogP contribution in [0.4, 0.5) is 18.3 Å². The number of rotatable bonds is 5. The van der Waals surface area contributed by atoms with Gasteiger partial charge in [-0.05, 0) is 0 Å². The van der Waals surface area contributed by atoms with E-state index in [2.05, 4.69) is 10.2 Å². The second-order valence-corrected chi connectivity index (χ2v) is 5.71. The zero-order valence-corrected chi connectivity index (χ0v) is 11.1. The van der Waals surface area contributed by atoms with E-state index in [1.165, 1.54) is 0 Å². The standard InChI is InChI=1S/C8H10F3N3O2S2/c1-14(2)6-12-13-7(18-6)17-3-4(5(15)16)8(9,10)11/h4H,3H2,1-2H3,(H,15,16). The van der Waals surface area contributed by atoms with E-state index in [1.807, 2.05) is 0 Å². The number of alkyl halides is 3. The Balaban J connectivity index is 2.65. The Morgan fingerprint density at radius 1 is 1.50 bits per heavy atom. The van der Waals surface area contributed by atoms with Gasteiger partial charge in [-0.1, -0.05) is 23.1 Å². The normalized spacial score (nSPS) is 13.4. The molecule has 1 atom stereocenters. The van der Waals surface area contributed by atoms with Gasteiger partial charge in [0.05, 0.1) is 0 Å². The Kier molecular flexibility index (Phi) is 4.79. The maximum absolute atomic E-state index is 12.4. The number of halogens is 3. The van der Waals surface area contributed by atoms with Gasteiger partial charge >= 0.3 is 12.1 Å². The van der Waals surface area contributed by atoms with Crippen LogP contribution in [0.25, 0.3) is 0 Å². The molecule has 1 rings (SSSR count). The van der Waals surface area contributed by atoms with Crippen LogP contribution < -0.4 is 4.90 Å². The molecule has 0 spiro atoms. The van der Waals surface area contributed by atoms with E-state index < -0.39 is 23.8 Å². The SMILES string of the molecule is CN(C)c1nnc(SCC(C(=O)O)C(F)(F)F)s1. The molecule has 1 aromatic rings. The van der Waals surface area contributed by atoms with Crippen molar-refractivity contribution in [2.24, 2.45) is 5.92 Å². The average molecular weight is 301 g/mol. The van der Waals surface area contributed by atoms with Gasteiger partial charge in [-0.25, -0.2) is 0 Å². The molecule has 0 aromatic carbocycles. The molecule has 1 heterocycles. The monoisotopic (exact) mass is 301 g/mol. The fourth-order valence-electron chi connectivity index (χ4n) is 0.902. The van der Waals surface area contributed by atoms with E-state index in [0.29, 0.717) is 9.47 Å². The number of nitrogens with zero attached hydrogens (tertiary/aromatic N) is 3. The van der Waals surface area contributed by atoms with E-state index in [9.17, 15) is 18.0 Å². The number of hydrogen-bond acceptors (Lipinski definition) is 6. The van der Waals surface area contributed by atoms with Crippen LogP contribution in [0.5, 0.6) is 0 Å². The number of hydrogen-bond donors (Lipinski definition) is 1. The molecule has 0 aliphatic heterocycles. The highest BCUT2D eigenvalue weighted by Gasteiger charge is 2.45. The molecule has 0 bridgehead atoms. The van der Waals surface area contributed by atoms with Gasteiger partial charge in [0.15, 0.2) is 10.3 Å². The van der Waals surface area contributed by atoms with Crippen molar-refractivity contribution in [1.29, 1.82) is 0 Å². The topological polar surface area (TPSA) is 66.3 Å². The van der Waals surface area contributed by atoms with Gasteiger partial charge < -0.3 is 10.0 Å². The smallest absolute Gasteiger partial charge is 0.403 e. The largest absolute Gasteiger partial charge is 0.481 e. The molecule has 0 saturated carbocycles. The third-order valence-electron chi connectivity index (χ3n) is 1.85. The van der Waals surface area contributed by atoms with Gasteiger partial charge in [0.2, 0.25) is 5.13 Å². The van der Waals surface area contributed by atoms with E-state index in [1.54, 1.807) is 19.0 Å². The van der Waals surface area contributed by atoms with Crippen molar-refractivity contribution in [1.82, 2.24) is 10.2 Å². The first-order valence-corrected chi connectivity index (χ1v) is 6.45. The lowest BCUT2D eigenvalue weighted by atomic mass is 10.2. The van der Waals surface area contributed by atoms with Crippen LogP contribution >= 0.6 is 23.1 Å². The summed E-state index contributed by atoms with van der Waals surface area (Å²) in [5.74, 6) is -4.89. The minimum Gasteiger partial charge on any atom is -0.481 e. The van der Waals surface area contributed by atoms with Crippen molar-refractivity contribution in [2.45, 2.75) is 10.5 Å². The van der Waals surface area contributed by atoms with Crippen LogP contribution in [0.3, 0.4) is 0 Å². The van der Waals surface area contributed by atoms with Crippen molar-refractivity contribution in [3.63, 3.8) is 0 Å². The minimum absolute atomic E-state index is 0.314. The van der Waals surface area contributed by atoms with E-state index >= 15 is 0 Å². The Morgan fingerprint density at radius 3 is 2.50 bits per heavy atom. The number of aromatic nitrogens is 2. The fraction of sp³-hybridized carbons (Fsp3) is 0.625. The van der Waals surface area contributed by atoms with E-state index in [4.69, 9.17) is 5.11 Å². The molecule has 1 unspecified atom stereocenters. The van der Waals surface area contributed by atoms with Crippen LogP contribution in [-0.4, -0.2) is 47.3 Å². The number of aliphatic carboxylic acids is 1. The maximum atomic E-state index is 12.4. The molecule has 0 aliphatic rings. The molecule has 0 aliphatic carbocycles. The quantitative estimate of drug-likeness (QED) is 0.839. The van der Waals surface area contributed by atoms with Crippen LogP contribution in [0, 0.1) is 5.92 Å². The van der Waals surface area contributed by atoms with Crippen molar-refractivity contribution in [3.05, 3.63) is 0 Å². The van der Waals surface area contributed by atoms with E-state index in [-0.39, 0.29) is 0 Å². The summed E-state index contributed by atoms with van der Waals surface area (Å²) >= 11 is 1.85. The third-order valence-corrected chi connectivity index (χ3v) is 4.16. The summed E-state index contributed by atoms with van der Waals surface area (Å²) in [7, 11) is 3.45.